The molecule has 1 heterocycles. The molecule has 132 valence electrons. The first-order chi connectivity index (χ1) is 11.2. The number of guanidine groups is 1. The lowest BCUT2D eigenvalue weighted by atomic mass is 9.91. The molecule has 1 N–H and O–H groups in total. The molecule has 1 saturated carbocycles. The first kappa shape index (κ1) is 18.1. The molecule has 1 amide bonds. The van der Waals surface area contributed by atoms with E-state index in [0.717, 1.165) is 51.1 Å². The highest BCUT2D eigenvalue weighted by molar-refractivity contribution is 5.80. The highest BCUT2D eigenvalue weighted by atomic mass is 16.2. The topological polar surface area (TPSA) is 47.9 Å². The van der Waals surface area contributed by atoms with Crippen molar-refractivity contribution in [3.8, 4) is 0 Å². The van der Waals surface area contributed by atoms with E-state index in [1.54, 1.807) is 6.92 Å². The van der Waals surface area contributed by atoms with Crippen LogP contribution < -0.4 is 5.32 Å². The summed E-state index contributed by atoms with van der Waals surface area (Å²) in [4.78, 5) is 20.6. The fourth-order valence-electron chi connectivity index (χ4n) is 3.60. The van der Waals surface area contributed by atoms with Crippen LogP contribution in [0.5, 0.6) is 0 Å². The molecule has 0 aromatic rings. The van der Waals surface area contributed by atoms with Gasteiger partial charge in [0.25, 0.3) is 0 Å². The van der Waals surface area contributed by atoms with E-state index in [4.69, 9.17) is 4.99 Å². The Hall–Kier alpha value is -1.26. The number of rotatable bonds is 3. The van der Waals surface area contributed by atoms with E-state index in [9.17, 15) is 4.79 Å². The first-order valence-corrected chi connectivity index (χ1v) is 9.49. The number of amides is 1. The van der Waals surface area contributed by atoms with E-state index in [1.165, 1.54) is 44.9 Å². The zero-order valence-electron chi connectivity index (χ0n) is 15.0. The van der Waals surface area contributed by atoms with Crippen LogP contribution in [0.1, 0.15) is 58.8 Å². The monoisotopic (exact) mass is 322 g/mol. The van der Waals surface area contributed by atoms with Crippen LogP contribution in [0.25, 0.3) is 0 Å². The van der Waals surface area contributed by atoms with Crippen LogP contribution in [0.3, 0.4) is 0 Å². The average molecular weight is 322 g/mol. The molecule has 0 radical (unpaired) electrons. The summed E-state index contributed by atoms with van der Waals surface area (Å²) >= 11 is 0. The number of piperazine rings is 1. The van der Waals surface area contributed by atoms with Gasteiger partial charge in [0.15, 0.2) is 5.96 Å². The van der Waals surface area contributed by atoms with Gasteiger partial charge in [0.1, 0.15) is 0 Å². The standard InChI is InChI=1S/C18H34N4O/c1-3-19-18(22-13-11-21(12-14-22)16(2)23)20-15-17-9-7-5-4-6-8-10-17/h17H,3-15H2,1-2H3,(H,19,20). The maximum atomic E-state index is 11.5. The van der Waals surface area contributed by atoms with Crippen molar-refractivity contribution in [2.75, 3.05) is 39.3 Å². The Morgan fingerprint density at radius 1 is 1.00 bits per heavy atom. The van der Waals surface area contributed by atoms with Gasteiger partial charge >= 0.3 is 0 Å². The second-order valence-corrected chi connectivity index (χ2v) is 6.90. The van der Waals surface area contributed by atoms with Gasteiger partial charge in [-0.05, 0) is 25.7 Å². The maximum absolute atomic E-state index is 11.5. The van der Waals surface area contributed by atoms with Crippen LogP contribution >= 0.6 is 0 Å². The van der Waals surface area contributed by atoms with Gasteiger partial charge in [0.2, 0.25) is 5.91 Å². The van der Waals surface area contributed by atoms with Crippen LogP contribution in [0.4, 0.5) is 0 Å². The summed E-state index contributed by atoms with van der Waals surface area (Å²) in [6, 6.07) is 0. The first-order valence-electron chi connectivity index (χ1n) is 9.49. The second-order valence-electron chi connectivity index (χ2n) is 6.90. The van der Waals surface area contributed by atoms with E-state index in [0.29, 0.717) is 0 Å². The number of nitrogens with zero attached hydrogens (tertiary/aromatic N) is 3. The van der Waals surface area contributed by atoms with Crippen molar-refractivity contribution in [3.63, 3.8) is 0 Å². The lowest BCUT2D eigenvalue weighted by Crippen LogP contribution is -2.53. The van der Waals surface area contributed by atoms with Crippen molar-refractivity contribution in [3.05, 3.63) is 0 Å². The number of hydrogen-bond donors (Lipinski definition) is 1. The molecule has 2 fully saturated rings. The van der Waals surface area contributed by atoms with Crippen LogP contribution in [-0.2, 0) is 4.79 Å². The van der Waals surface area contributed by atoms with E-state index in [-0.39, 0.29) is 5.91 Å². The third-order valence-corrected chi connectivity index (χ3v) is 5.08. The van der Waals surface area contributed by atoms with Crippen molar-refractivity contribution in [1.82, 2.24) is 15.1 Å². The molecule has 0 bridgehead atoms. The fourth-order valence-corrected chi connectivity index (χ4v) is 3.60. The third-order valence-electron chi connectivity index (χ3n) is 5.08. The molecule has 5 nitrogen and oxygen atoms in total. The van der Waals surface area contributed by atoms with Gasteiger partial charge in [-0.25, -0.2) is 0 Å². The van der Waals surface area contributed by atoms with Crippen LogP contribution in [-0.4, -0.2) is 60.9 Å². The minimum absolute atomic E-state index is 0.182. The summed E-state index contributed by atoms with van der Waals surface area (Å²) < 4.78 is 0. The molecule has 0 spiro atoms. The minimum atomic E-state index is 0.182. The second kappa shape index (κ2) is 9.78. The van der Waals surface area contributed by atoms with E-state index in [2.05, 4.69) is 17.1 Å². The summed E-state index contributed by atoms with van der Waals surface area (Å²) in [6.07, 6.45) is 9.61. The maximum Gasteiger partial charge on any atom is 0.219 e. The lowest BCUT2D eigenvalue weighted by molar-refractivity contribution is -0.130. The molecule has 2 aliphatic rings. The predicted octanol–water partition coefficient (Wildman–Crippen LogP) is 2.48. The predicted molar refractivity (Wildman–Crippen MR) is 95.6 cm³/mol. The van der Waals surface area contributed by atoms with Crippen molar-refractivity contribution < 1.29 is 4.79 Å². The van der Waals surface area contributed by atoms with Gasteiger partial charge < -0.3 is 15.1 Å². The summed E-state index contributed by atoms with van der Waals surface area (Å²) in [5, 5.41) is 3.44. The number of carbonyl (C=O) groups excluding carboxylic acids is 1. The van der Waals surface area contributed by atoms with Crippen molar-refractivity contribution >= 4 is 11.9 Å². The molecule has 23 heavy (non-hydrogen) atoms. The Balaban J connectivity index is 1.87. The molecule has 1 aliphatic carbocycles. The van der Waals surface area contributed by atoms with Crippen molar-refractivity contribution in [1.29, 1.82) is 0 Å². The van der Waals surface area contributed by atoms with Crippen molar-refractivity contribution in [2.45, 2.75) is 58.8 Å². The zero-order valence-corrected chi connectivity index (χ0v) is 15.0. The van der Waals surface area contributed by atoms with Gasteiger partial charge in [0, 0.05) is 46.2 Å². The van der Waals surface area contributed by atoms with Crippen molar-refractivity contribution in [2.24, 2.45) is 10.9 Å². The van der Waals surface area contributed by atoms with Crippen LogP contribution in [0.15, 0.2) is 4.99 Å². The van der Waals surface area contributed by atoms with Gasteiger partial charge in [-0.15, -0.1) is 0 Å². The number of hydrogen-bond acceptors (Lipinski definition) is 2. The summed E-state index contributed by atoms with van der Waals surface area (Å²) in [7, 11) is 0. The Kier molecular flexibility index (Phi) is 7.69. The lowest BCUT2D eigenvalue weighted by Gasteiger charge is -2.36. The summed E-state index contributed by atoms with van der Waals surface area (Å²) in [5.74, 6) is 1.97. The normalized spacial score (nSPS) is 21.7. The molecule has 0 aromatic heterocycles. The molecule has 5 heteroatoms. The number of nitrogens with one attached hydrogen (secondary N) is 1. The molecule has 1 aliphatic heterocycles. The smallest absolute Gasteiger partial charge is 0.219 e. The molecule has 2 rings (SSSR count). The van der Waals surface area contributed by atoms with E-state index >= 15 is 0 Å². The Morgan fingerprint density at radius 3 is 2.13 bits per heavy atom. The molecule has 0 unspecified atom stereocenters. The number of carbonyl (C=O) groups is 1. The Bertz CT molecular complexity index is 380. The molecule has 1 saturated heterocycles. The Labute approximate surface area is 141 Å². The molecule has 0 aromatic carbocycles. The average Bonchev–Trinajstić information content (AvgIpc) is 2.52. The van der Waals surface area contributed by atoms with E-state index < -0.39 is 0 Å². The van der Waals surface area contributed by atoms with Gasteiger partial charge in [0.05, 0.1) is 0 Å². The molecule has 0 atom stereocenters. The molecular weight excluding hydrogens is 288 g/mol. The third kappa shape index (κ3) is 6.04. The van der Waals surface area contributed by atoms with Crippen LogP contribution in [0.2, 0.25) is 0 Å². The fraction of sp³-hybridized carbons (Fsp3) is 0.889. The van der Waals surface area contributed by atoms with Gasteiger partial charge in [-0.3, -0.25) is 9.79 Å². The Morgan fingerprint density at radius 2 is 1.57 bits per heavy atom. The number of aliphatic imine (C=N–C) groups is 1. The van der Waals surface area contributed by atoms with E-state index in [1.807, 2.05) is 4.90 Å². The highest BCUT2D eigenvalue weighted by Gasteiger charge is 2.21. The highest BCUT2D eigenvalue weighted by Crippen LogP contribution is 2.22. The quantitative estimate of drug-likeness (QED) is 0.641. The zero-order chi connectivity index (χ0) is 16.5. The molecular formula is C18H34N4O. The largest absolute Gasteiger partial charge is 0.357 e. The minimum Gasteiger partial charge on any atom is -0.357 e. The van der Waals surface area contributed by atoms with Gasteiger partial charge in [-0.2, -0.15) is 0 Å². The van der Waals surface area contributed by atoms with Crippen LogP contribution in [0, 0.1) is 5.92 Å². The summed E-state index contributed by atoms with van der Waals surface area (Å²) in [6.45, 7) is 9.02. The summed E-state index contributed by atoms with van der Waals surface area (Å²) in [5.41, 5.74) is 0. The van der Waals surface area contributed by atoms with Gasteiger partial charge in [-0.1, -0.05) is 32.1 Å². The SMILES string of the molecule is CCNC(=NCC1CCCCCCC1)N1CCN(C(C)=O)CC1.